The van der Waals surface area contributed by atoms with Crippen molar-refractivity contribution in [2.45, 2.75) is 77.2 Å². The van der Waals surface area contributed by atoms with E-state index in [0.29, 0.717) is 11.1 Å². The Kier molecular flexibility index (Phi) is 7.49. The summed E-state index contributed by atoms with van der Waals surface area (Å²) in [5, 5.41) is 10.2. The van der Waals surface area contributed by atoms with Gasteiger partial charge in [-0.15, -0.1) is 0 Å². The summed E-state index contributed by atoms with van der Waals surface area (Å²) in [6.45, 7) is 12.7. The highest BCUT2D eigenvalue weighted by Gasteiger charge is 2.25. The smallest absolute Gasteiger partial charge is 0.185 e. The second kappa shape index (κ2) is 9.21. The lowest BCUT2D eigenvalue weighted by Gasteiger charge is -2.21. The van der Waals surface area contributed by atoms with Crippen LogP contribution < -0.4 is 0 Å². The minimum Gasteiger partial charge on any atom is -0.386 e. The first kappa shape index (κ1) is 25.2. The maximum atomic E-state index is 14.1. The molecule has 0 aliphatic carbocycles. The molecule has 0 unspecified atom stereocenters. The van der Waals surface area contributed by atoms with Crippen LogP contribution in [0.5, 0.6) is 0 Å². The van der Waals surface area contributed by atoms with E-state index in [-0.39, 0.29) is 29.0 Å². The van der Waals surface area contributed by atoms with Crippen molar-refractivity contribution < 1.29 is 22.7 Å². The molecule has 2 aromatic rings. The molecule has 4 nitrogen and oxygen atoms in total. The highest BCUT2D eigenvalue weighted by atomic mass is 32.2. The third-order valence-corrected chi connectivity index (χ3v) is 7.14. The van der Waals surface area contributed by atoms with E-state index in [0.717, 1.165) is 16.7 Å². The summed E-state index contributed by atoms with van der Waals surface area (Å²) < 4.78 is 39.9. The molecule has 0 spiro atoms. The number of sulfone groups is 1. The van der Waals surface area contributed by atoms with Gasteiger partial charge in [-0.1, -0.05) is 33.8 Å². The fourth-order valence-electron chi connectivity index (χ4n) is 3.97. The number of benzene rings is 2. The van der Waals surface area contributed by atoms with Gasteiger partial charge in [0.15, 0.2) is 15.6 Å². The molecule has 0 atom stereocenters. The van der Waals surface area contributed by atoms with Crippen molar-refractivity contribution in [1.29, 1.82) is 0 Å². The van der Waals surface area contributed by atoms with Crippen LogP contribution in [0, 0.1) is 12.7 Å². The predicted octanol–water partition coefficient (Wildman–Crippen LogP) is 5.19. The lowest BCUT2D eigenvalue weighted by molar-refractivity contribution is -0.116. The fraction of sp³-hybridized carbons (Fsp3) is 0.480. The molecular formula is C25H33FO4S. The Hall–Kier alpha value is -2.05. The van der Waals surface area contributed by atoms with Gasteiger partial charge in [0.05, 0.1) is 10.5 Å². The van der Waals surface area contributed by atoms with Gasteiger partial charge in [0, 0.05) is 6.42 Å². The van der Waals surface area contributed by atoms with E-state index >= 15 is 0 Å². The number of carbonyl (C=O) groups is 1. The Labute approximate surface area is 185 Å². The molecule has 2 aromatic carbocycles. The van der Waals surface area contributed by atoms with E-state index in [4.69, 9.17) is 0 Å². The van der Waals surface area contributed by atoms with Crippen LogP contribution in [0.4, 0.5) is 4.39 Å². The number of hydrogen-bond donors (Lipinski definition) is 1. The zero-order valence-corrected chi connectivity index (χ0v) is 20.2. The average molecular weight is 449 g/mol. The van der Waals surface area contributed by atoms with Gasteiger partial charge in [-0.25, -0.2) is 12.8 Å². The molecule has 0 saturated carbocycles. The minimum absolute atomic E-state index is 0.00429. The molecule has 0 aliphatic rings. The molecule has 0 aromatic heterocycles. The second-order valence-corrected chi connectivity index (χ2v) is 11.4. The third-order valence-electron chi connectivity index (χ3n) is 5.47. The molecule has 0 fully saturated rings. The number of hydrogen-bond acceptors (Lipinski definition) is 4. The maximum absolute atomic E-state index is 14.1. The van der Waals surface area contributed by atoms with Gasteiger partial charge in [0.25, 0.3) is 0 Å². The van der Waals surface area contributed by atoms with E-state index in [1.807, 2.05) is 27.7 Å². The first-order valence-corrected chi connectivity index (χ1v) is 12.2. The Morgan fingerprint density at radius 1 is 1.03 bits per heavy atom. The zero-order valence-electron chi connectivity index (χ0n) is 19.4. The fourth-order valence-corrected chi connectivity index (χ4v) is 5.30. The van der Waals surface area contributed by atoms with Crippen LogP contribution in [-0.4, -0.2) is 25.1 Å². The van der Waals surface area contributed by atoms with Gasteiger partial charge in [0.1, 0.15) is 11.6 Å². The lowest BCUT2D eigenvalue weighted by Crippen LogP contribution is -2.21. The summed E-state index contributed by atoms with van der Waals surface area (Å²) >= 11 is 0. The zero-order chi connectivity index (χ0) is 23.7. The van der Waals surface area contributed by atoms with Crippen molar-refractivity contribution in [3.63, 3.8) is 0 Å². The summed E-state index contributed by atoms with van der Waals surface area (Å²) in [4.78, 5) is 12.9. The molecule has 170 valence electrons. The third kappa shape index (κ3) is 6.01. The van der Waals surface area contributed by atoms with Gasteiger partial charge in [-0.3, -0.25) is 4.79 Å². The van der Waals surface area contributed by atoms with Gasteiger partial charge < -0.3 is 5.11 Å². The molecule has 0 saturated heterocycles. The van der Waals surface area contributed by atoms with Crippen LogP contribution in [0.25, 0.3) is 0 Å². The Morgan fingerprint density at radius 2 is 1.55 bits per heavy atom. The average Bonchev–Trinajstić information content (AvgIpc) is 2.60. The quantitative estimate of drug-likeness (QED) is 0.603. The number of Topliss-reactive ketones (excluding diaryl/α,β-unsaturated/α-hetero) is 1. The number of carbonyl (C=O) groups excluding carboxylic acids is 1. The molecule has 0 radical (unpaired) electrons. The van der Waals surface area contributed by atoms with Crippen LogP contribution in [0.2, 0.25) is 0 Å². The molecule has 0 aliphatic heterocycles. The number of aryl methyl sites for hydroxylation is 1. The van der Waals surface area contributed by atoms with E-state index < -0.39 is 27.0 Å². The normalized spacial score (nSPS) is 12.6. The first-order valence-electron chi connectivity index (χ1n) is 10.5. The Balaban J connectivity index is 2.35. The number of halogens is 1. The number of ketones is 1. The molecule has 0 heterocycles. The summed E-state index contributed by atoms with van der Waals surface area (Å²) in [5.41, 5.74) is 2.38. The standard InChI is InChI=1S/C25H33FO4S/c1-15(2)21-11-18(26)12-22(16(3)4)23(21)13-19(27)14-31(29,30)20-8-9-24(17(5)10-20)25(6,7)28/h8-12,15-16,28H,13-14H2,1-7H3. The van der Waals surface area contributed by atoms with Crippen molar-refractivity contribution in [3.8, 4) is 0 Å². The van der Waals surface area contributed by atoms with Gasteiger partial charge in [0.2, 0.25) is 0 Å². The molecule has 1 N–H and O–H groups in total. The number of aliphatic hydroxyl groups is 1. The van der Waals surface area contributed by atoms with Crippen molar-refractivity contribution in [2.75, 3.05) is 5.75 Å². The first-order chi connectivity index (χ1) is 14.1. The summed E-state index contributed by atoms with van der Waals surface area (Å²) in [5.74, 6) is -1.40. The summed E-state index contributed by atoms with van der Waals surface area (Å²) in [6.07, 6.45) is -0.0543. The molecule has 6 heteroatoms. The minimum atomic E-state index is -3.84. The summed E-state index contributed by atoms with van der Waals surface area (Å²) in [7, 11) is -3.84. The SMILES string of the molecule is Cc1cc(S(=O)(=O)CC(=O)Cc2c(C(C)C)cc(F)cc2C(C)C)ccc1C(C)(C)O. The van der Waals surface area contributed by atoms with Crippen molar-refractivity contribution in [1.82, 2.24) is 0 Å². The topological polar surface area (TPSA) is 71.4 Å². The van der Waals surface area contributed by atoms with Crippen molar-refractivity contribution in [3.05, 3.63) is 64.0 Å². The maximum Gasteiger partial charge on any atom is 0.185 e. The van der Waals surface area contributed by atoms with Crippen LogP contribution >= 0.6 is 0 Å². The Morgan fingerprint density at radius 3 is 1.97 bits per heavy atom. The molecule has 31 heavy (non-hydrogen) atoms. The van der Waals surface area contributed by atoms with Crippen molar-refractivity contribution in [2.24, 2.45) is 0 Å². The van der Waals surface area contributed by atoms with Gasteiger partial charge in [-0.2, -0.15) is 0 Å². The lowest BCUT2D eigenvalue weighted by atomic mass is 9.86. The van der Waals surface area contributed by atoms with E-state index in [9.17, 15) is 22.7 Å². The van der Waals surface area contributed by atoms with Gasteiger partial charge in [-0.05, 0) is 84.7 Å². The highest BCUT2D eigenvalue weighted by molar-refractivity contribution is 7.92. The number of rotatable bonds is 8. The predicted molar refractivity (Wildman–Crippen MR) is 122 cm³/mol. The van der Waals surface area contributed by atoms with E-state index in [1.54, 1.807) is 26.8 Å². The molecule has 2 rings (SSSR count). The van der Waals surface area contributed by atoms with Crippen molar-refractivity contribution >= 4 is 15.6 Å². The van der Waals surface area contributed by atoms with Crippen LogP contribution in [0.3, 0.4) is 0 Å². The summed E-state index contributed by atoms with van der Waals surface area (Å²) in [6, 6.07) is 7.38. The monoisotopic (exact) mass is 448 g/mol. The molecule has 0 bridgehead atoms. The molecular weight excluding hydrogens is 415 g/mol. The largest absolute Gasteiger partial charge is 0.386 e. The second-order valence-electron chi connectivity index (χ2n) is 9.38. The van der Waals surface area contributed by atoms with Crippen LogP contribution in [-0.2, 0) is 26.7 Å². The van der Waals surface area contributed by atoms with E-state index in [2.05, 4.69) is 0 Å². The molecule has 0 amide bonds. The van der Waals surface area contributed by atoms with Gasteiger partial charge >= 0.3 is 0 Å². The van der Waals surface area contributed by atoms with E-state index in [1.165, 1.54) is 24.3 Å². The van der Waals surface area contributed by atoms with Crippen LogP contribution in [0.15, 0.2) is 35.2 Å². The Bertz CT molecular complexity index is 1050. The highest BCUT2D eigenvalue weighted by Crippen LogP contribution is 2.30. The van der Waals surface area contributed by atoms with Crippen LogP contribution in [0.1, 0.15) is 81.2 Å².